The predicted molar refractivity (Wildman–Crippen MR) is 395 cm³/mol. The summed E-state index contributed by atoms with van der Waals surface area (Å²) in [5, 5.41) is 20.8. The van der Waals surface area contributed by atoms with Crippen LogP contribution in [0.3, 0.4) is 0 Å². The first-order chi connectivity index (χ1) is 45.1. The van der Waals surface area contributed by atoms with E-state index in [0.717, 1.165) is 0 Å². The van der Waals surface area contributed by atoms with Crippen molar-refractivity contribution in [3.8, 4) is 77.9 Å². The highest BCUT2D eigenvalue weighted by Gasteiger charge is 2.40. The highest BCUT2D eigenvalue weighted by molar-refractivity contribution is 6.08. The van der Waals surface area contributed by atoms with Crippen molar-refractivity contribution in [2.24, 2.45) is 0 Å². The van der Waals surface area contributed by atoms with Crippen molar-refractivity contribution in [3.05, 3.63) is 338 Å². The van der Waals surface area contributed by atoms with Crippen molar-refractivity contribution in [1.82, 2.24) is 0 Å². The smallest absolute Gasteiger partial charge is 0.0171 e. The minimum absolute atomic E-state index is 0.0712. The lowest BCUT2D eigenvalue weighted by molar-refractivity contribution is 0.672. The van der Waals surface area contributed by atoms with Crippen LogP contribution in [0.15, 0.2) is 315 Å². The summed E-state index contributed by atoms with van der Waals surface area (Å²) in [5.74, 6) is 0. The Morgan fingerprint density at radius 3 is 0.946 bits per heavy atom. The Morgan fingerprint density at radius 1 is 0.152 bits per heavy atom. The zero-order valence-electron chi connectivity index (χ0n) is 52.0. The van der Waals surface area contributed by atoms with Crippen LogP contribution in [0.1, 0.15) is 49.9 Å². The number of benzene rings is 17. The zero-order valence-corrected chi connectivity index (χ0v) is 52.0. The second kappa shape index (κ2) is 20.7. The van der Waals surface area contributed by atoms with Gasteiger partial charge in [0.25, 0.3) is 0 Å². The minimum atomic E-state index is -0.102. The van der Waals surface area contributed by atoms with Crippen molar-refractivity contribution in [3.63, 3.8) is 0 Å². The van der Waals surface area contributed by atoms with Gasteiger partial charge in [0.1, 0.15) is 0 Å². The number of hydrogen-bond acceptors (Lipinski definition) is 0. The first-order valence-corrected chi connectivity index (χ1v) is 32.4. The third kappa shape index (κ3) is 8.58. The van der Waals surface area contributed by atoms with Gasteiger partial charge in [0, 0.05) is 10.8 Å². The molecule has 0 heterocycles. The molecule has 0 N–H and O–H groups in total. The van der Waals surface area contributed by atoms with Crippen LogP contribution in [0, 0.1) is 0 Å². The van der Waals surface area contributed by atoms with E-state index >= 15 is 0 Å². The van der Waals surface area contributed by atoms with E-state index in [0.29, 0.717) is 0 Å². The van der Waals surface area contributed by atoms with Gasteiger partial charge in [-0.2, -0.15) is 0 Å². The topological polar surface area (TPSA) is 0 Å². The molecule has 17 aromatic rings. The fourth-order valence-electron chi connectivity index (χ4n) is 16.3. The molecular formula is C92H64. The zero-order chi connectivity index (χ0) is 61.4. The Labute approximate surface area is 537 Å². The molecule has 0 amide bonds. The summed E-state index contributed by atoms with van der Waals surface area (Å²) in [6, 6.07) is 117. The molecule has 2 aliphatic carbocycles. The van der Waals surface area contributed by atoms with E-state index in [9.17, 15) is 0 Å². The predicted octanol–water partition coefficient (Wildman–Crippen LogP) is 25.5. The molecular weight excluding hydrogens is 1110 g/mol. The average molecular weight is 1170 g/mol. The molecule has 0 saturated heterocycles. The minimum Gasteiger partial charge on any atom is -0.0622 e. The van der Waals surface area contributed by atoms with Crippen molar-refractivity contribution < 1.29 is 0 Å². The fraction of sp³-hybridized carbons (Fsp3) is 0.0652. The molecule has 0 nitrogen and oxygen atoms in total. The van der Waals surface area contributed by atoms with Gasteiger partial charge >= 0.3 is 0 Å². The lowest BCUT2D eigenvalue weighted by Gasteiger charge is -2.25. The molecule has 0 unspecified atom stereocenters. The first kappa shape index (κ1) is 53.8. The normalized spacial score (nSPS) is 13.4. The van der Waals surface area contributed by atoms with Gasteiger partial charge in [-0.1, -0.05) is 289 Å². The molecule has 432 valence electrons. The summed E-state index contributed by atoms with van der Waals surface area (Å²) in [6.45, 7) is 9.60. The Hall–Kier alpha value is -11.2. The van der Waals surface area contributed by atoms with Gasteiger partial charge in [-0.25, -0.2) is 0 Å². The monoisotopic (exact) mass is 1170 g/mol. The van der Waals surface area contributed by atoms with Crippen LogP contribution in [0.4, 0.5) is 0 Å². The van der Waals surface area contributed by atoms with Crippen LogP contribution in [0.25, 0.3) is 164 Å². The van der Waals surface area contributed by atoms with E-state index < -0.39 is 0 Å². The molecule has 0 fully saturated rings. The van der Waals surface area contributed by atoms with E-state index in [1.165, 1.54) is 186 Å². The van der Waals surface area contributed by atoms with Crippen LogP contribution >= 0.6 is 0 Å². The Morgan fingerprint density at radius 2 is 0.435 bits per heavy atom. The summed E-state index contributed by atoms with van der Waals surface area (Å²) in [7, 11) is 0. The molecule has 0 atom stereocenters. The van der Waals surface area contributed by atoms with Crippen molar-refractivity contribution in [1.29, 1.82) is 0 Å². The quantitative estimate of drug-likeness (QED) is 0.161. The van der Waals surface area contributed by atoms with E-state index in [1.807, 2.05) is 0 Å². The van der Waals surface area contributed by atoms with Gasteiger partial charge in [-0.15, -0.1) is 0 Å². The van der Waals surface area contributed by atoms with E-state index in [-0.39, 0.29) is 10.8 Å². The molecule has 0 saturated carbocycles. The van der Waals surface area contributed by atoms with E-state index in [2.05, 4.69) is 343 Å². The van der Waals surface area contributed by atoms with Gasteiger partial charge < -0.3 is 0 Å². The lowest BCUT2D eigenvalue weighted by Crippen LogP contribution is -2.16. The number of hydrogen-bond donors (Lipinski definition) is 0. The summed E-state index contributed by atoms with van der Waals surface area (Å²) < 4.78 is 0. The van der Waals surface area contributed by atoms with Gasteiger partial charge in [-0.05, 0) is 241 Å². The van der Waals surface area contributed by atoms with Gasteiger partial charge in [0.05, 0.1) is 0 Å². The maximum Gasteiger partial charge on any atom is 0.0171 e. The number of rotatable bonds is 5. The van der Waals surface area contributed by atoms with Crippen LogP contribution in [-0.4, -0.2) is 0 Å². The molecule has 0 radical (unpaired) electrons. The molecule has 2 aliphatic rings. The van der Waals surface area contributed by atoms with E-state index in [4.69, 9.17) is 0 Å². The largest absolute Gasteiger partial charge is 0.0622 e. The lowest BCUT2D eigenvalue weighted by atomic mass is 9.78. The molecule has 0 aromatic heterocycles. The Bertz CT molecular complexity index is 5930. The second-order valence-corrected chi connectivity index (χ2v) is 26.7. The van der Waals surface area contributed by atoms with Gasteiger partial charge in [0.2, 0.25) is 0 Å². The first-order valence-electron chi connectivity index (χ1n) is 32.4. The van der Waals surface area contributed by atoms with Gasteiger partial charge in [-0.3, -0.25) is 0 Å². The summed E-state index contributed by atoms with van der Waals surface area (Å²) >= 11 is 0. The van der Waals surface area contributed by atoms with Crippen LogP contribution in [0.2, 0.25) is 0 Å². The van der Waals surface area contributed by atoms with Crippen molar-refractivity contribution in [2.45, 2.75) is 38.5 Å². The standard InChI is InChI=1S/C49H34.C43H30/c1-49(2)47-42-15-9-6-12-33(42)20-24-44(47)45-25-22-37-28-38(21-23-43(37)48(45)49)46-30-40(29-36-13-7-8-14-41(36)46)35-19-17-32-16-18-34(26-39(32)27-35)31-10-4-3-5-11-31;1-43(2)41-37-10-6-5-8-28(37)17-21-39(41)40-22-19-36-26-35(18-20-38(36)42(40)43)34-16-15-32-24-31(13-14-33(32)25-34)30-12-11-27-7-3-4-9-29(27)23-30/h3-30H,1-2H3;3-26H,1-2H3. The Balaban J connectivity index is 0.000000137. The Kier molecular flexibility index (Phi) is 12.1. The van der Waals surface area contributed by atoms with Crippen LogP contribution in [0.5, 0.6) is 0 Å². The molecule has 0 bridgehead atoms. The highest BCUT2D eigenvalue weighted by Crippen LogP contribution is 2.56. The summed E-state index contributed by atoms with van der Waals surface area (Å²) in [5.41, 5.74) is 23.6. The van der Waals surface area contributed by atoms with E-state index in [1.54, 1.807) is 0 Å². The number of fused-ring (bicyclic) bond motifs is 18. The fourth-order valence-corrected chi connectivity index (χ4v) is 16.3. The van der Waals surface area contributed by atoms with Crippen LogP contribution < -0.4 is 0 Å². The molecule has 92 heavy (non-hydrogen) atoms. The highest BCUT2D eigenvalue weighted by atomic mass is 14.4. The molecule has 17 aromatic carbocycles. The third-order valence-corrected chi connectivity index (χ3v) is 20.7. The van der Waals surface area contributed by atoms with Crippen molar-refractivity contribution in [2.75, 3.05) is 0 Å². The van der Waals surface area contributed by atoms with Crippen molar-refractivity contribution >= 4 is 86.2 Å². The third-order valence-electron chi connectivity index (χ3n) is 20.7. The molecule has 0 heteroatoms. The maximum atomic E-state index is 2.41. The van der Waals surface area contributed by atoms with Gasteiger partial charge in [0.15, 0.2) is 0 Å². The summed E-state index contributed by atoms with van der Waals surface area (Å²) in [6.07, 6.45) is 0. The maximum absolute atomic E-state index is 2.41. The van der Waals surface area contributed by atoms with Crippen LogP contribution in [-0.2, 0) is 10.8 Å². The SMILES string of the molecule is CC1(C)c2c(ccc3ccccc23)-c2ccc3cc(-c4cc(-c5ccc6ccc(-c7ccccc7)cc6c5)cc5ccccc45)ccc3c21.CC1(C)c2c(ccc3ccccc23)-c2ccc3cc(-c4ccc5cc(-c6ccc7ccccc7c6)ccc5c4)ccc3c21. The molecule has 0 spiro atoms. The second-order valence-electron chi connectivity index (χ2n) is 26.7. The molecule has 19 rings (SSSR count). The molecule has 0 aliphatic heterocycles. The summed E-state index contributed by atoms with van der Waals surface area (Å²) in [4.78, 5) is 0. The average Bonchev–Trinajstić information content (AvgIpc) is 1.56.